The van der Waals surface area contributed by atoms with Gasteiger partial charge in [0.2, 0.25) is 0 Å². The third kappa shape index (κ3) is 7.43. The van der Waals surface area contributed by atoms with E-state index in [1.165, 1.54) is 49.4 Å². The highest BCUT2D eigenvalue weighted by Gasteiger charge is 2.43. The van der Waals surface area contributed by atoms with Crippen LogP contribution in [0.3, 0.4) is 0 Å². The summed E-state index contributed by atoms with van der Waals surface area (Å²) >= 11 is 0. The van der Waals surface area contributed by atoms with Crippen molar-refractivity contribution >= 4 is 66.7 Å². The Labute approximate surface area is 419 Å². The Morgan fingerprint density at radius 1 is 0.542 bits per heavy atom. The van der Waals surface area contributed by atoms with Crippen LogP contribution in [0.1, 0.15) is 69.4 Å². The zero-order valence-corrected chi connectivity index (χ0v) is 39.5. The first-order valence-corrected chi connectivity index (χ1v) is 24.8. The van der Waals surface area contributed by atoms with Crippen LogP contribution in [-0.4, -0.2) is 11.0 Å². The van der Waals surface area contributed by atoms with E-state index < -0.39 is 0 Å². The molecular formula is C67H47N5. The summed E-state index contributed by atoms with van der Waals surface area (Å²) in [6.45, 7) is 0. The Balaban J connectivity index is 1.07. The molecule has 13 rings (SSSR count). The van der Waals surface area contributed by atoms with E-state index in [2.05, 4.69) is 222 Å². The van der Waals surface area contributed by atoms with Gasteiger partial charge in [-0.3, -0.25) is 4.98 Å². The smallest absolute Gasteiger partial charge is 0.0991 e. The molecule has 0 spiro atoms. The van der Waals surface area contributed by atoms with E-state index in [0.29, 0.717) is 11.1 Å². The lowest BCUT2D eigenvalue weighted by Crippen LogP contribution is -2.42. The zero-order valence-electron chi connectivity index (χ0n) is 39.5. The van der Waals surface area contributed by atoms with Crippen molar-refractivity contribution in [2.45, 2.75) is 30.8 Å². The van der Waals surface area contributed by atoms with Crippen LogP contribution < -0.4 is 9.80 Å². The Morgan fingerprint density at radius 3 is 1.96 bits per heavy atom. The van der Waals surface area contributed by atoms with E-state index in [4.69, 9.17) is 4.98 Å². The molecule has 1 heterocycles. The molecule has 1 aromatic heterocycles. The molecule has 0 fully saturated rings. The molecule has 3 aliphatic carbocycles. The maximum Gasteiger partial charge on any atom is 0.0991 e. The quantitative estimate of drug-likeness (QED) is 0.152. The maximum absolute atomic E-state index is 9.90. The summed E-state index contributed by atoms with van der Waals surface area (Å²) in [5, 5.41) is 26.8. The van der Waals surface area contributed by atoms with E-state index in [1.54, 1.807) is 0 Å². The Hall–Kier alpha value is -9.29. The normalized spacial score (nSPS) is 17.7. The fourth-order valence-corrected chi connectivity index (χ4v) is 11.9. The fourth-order valence-electron chi connectivity index (χ4n) is 11.9. The third-order valence-electron chi connectivity index (χ3n) is 15.2. The number of anilines is 4. The van der Waals surface area contributed by atoms with Gasteiger partial charge in [0.05, 0.1) is 52.6 Å². The first kappa shape index (κ1) is 42.8. The number of hydrogen-bond donors (Lipinski definition) is 0. The monoisotopic (exact) mass is 921 g/mol. The highest BCUT2D eigenvalue weighted by Crippen LogP contribution is 2.54. The molecule has 4 unspecified atom stereocenters. The predicted octanol–water partition coefficient (Wildman–Crippen LogP) is 16.3. The van der Waals surface area contributed by atoms with Crippen molar-refractivity contribution < 1.29 is 0 Å². The van der Waals surface area contributed by atoms with E-state index >= 15 is 0 Å². The molecule has 72 heavy (non-hydrogen) atoms. The van der Waals surface area contributed by atoms with Crippen molar-refractivity contribution in [3.8, 4) is 12.1 Å². The number of hydrogen-bond acceptors (Lipinski definition) is 5. The Bertz CT molecular complexity index is 3940. The zero-order chi connectivity index (χ0) is 48.1. The van der Waals surface area contributed by atoms with Crippen molar-refractivity contribution in [1.29, 1.82) is 10.5 Å². The molecule has 9 aromatic carbocycles. The first-order chi connectivity index (χ1) is 35.6. The minimum Gasteiger partial charge on any atom is -0.358 e. The van der Waals surface area contributed by atoms with Crippen LogP contribution >= 0.6 is 0 Å². The minimum atomic E-state index is -0.0902. The van der Waals surface area contributed by atoms with Crippen LogP contribution in [0.15, 0.2) is 236 Å². The molecule has 0 radical (unpaired) electrons. The summed E-state index contributed by atoms with van der Waals surface area (Å²) in [4.78, 5) is 10.7. The molecule has 0 bridgehead atoms. The van der Waals surface area contributed by atoms with Gasteiger partial charge in [-0.05, 0) is 146 Å². The van der Waals surface area contributed by atoms with Crippen LogP contribution in [-0.2, 0) is 0 Å². The van der Waals surface area contributed by atoms with E-state index in [0.717, 1.165) is 63.2 Å². The second kappa shape index (κ2) is 17.9. The molecule has 340 valence electrons. The SMILES string of the molecule is N#Cc1ccc(N(c2cnc3c(c2)C(c2ccc4ccccc4c2)=C2C=CC(N(c4ccc(C#N)cc4)C4CC=Cc5ccccc54)CC2C3c2ccc3ccccc3c2)c2cccc3ccccc23)cc1. The van der Waals surface area contributed by atoms with Crippen LogP contribution in [0, 0.1) is 28.6 Å². The number of nitriles is 2. The van der Waals surface area contributed by atoms with Crippen molar-refractivity contribution in [2.24, 2.45) is 5.92 Å². The standard InChI is InChI=1S/C67H47N5/c68-41-44-23-31-54(32-24-44)71(63-21-9-17-48-13-5-7-19-58(48)63)56-35-36-60-61(39-56)66(53-30-28-47-12-2-4-16-51(47)38-53)67-62(65(60)52-29-27-46-11-1-3-15-50(46)37-52)40-57(43-70-67)72(55-33-25-45(42-69)26-34-55)64-22-10-18-49-14-6-8-20-59(49)64/h1-20,22-38,40,43,56,61,63,66H,21,39H2. The van der Waals surface area contributed by atoms with Gasteiger partial charge < -0.3 is 9.80 Å². The Kier molecular flexibility index (Phi) is 10.6. The molecular weight excluding hydrogens is 875 g/mol. The van der Waals surface area contributed by atoms with E-state index in [1.807, 2.05) is 36.4 Å². The molecule has 5 heteroatoms. The highest BCUT2D eigenvalue weighted by atomic mass is 15.2. The van der Waals surface area contributed by atoms with Gasteiger partial charge in [0.15, 0.2) is 0 Å². The average Bonchev–Trinajstić information content (AvgIpc) is 3.45. The molecule has 3 aliphatic rings. The lowest BCUT2D eigenvalue weighted by atomic mass is 9.65. The van der Waals surface area contributed by atoms with Crippen LogP contribution in [0.5, 0.6) is 0 Å². The van der Waals surface area contributed by atoms with Gasteiger partial charge in [0, 0.05) is 34.3 Å². The Morgan fingerprint density at radius 2 is 1.19 bits per heavy atom. The number of aromatic nitrogens is 1. The summed E-state index contributed by atoms with van der Waals surface area (Å²) in [5.41, 5.74) is 14.8. The van der Waals surface area contributed by atoms with Gasteiger partial charge in [0.1, 0.15) is 0 Å². The predicted molar refractivity (Wildman–Crippen MR) is 294 cm³/mol. The number of fused-ring (bicyclic) bond motifs is 6. The lowest BCUT2D eigenvalue weighted by Gasteiger charge is -2.46. The second-order valence-electron chi connectivity index (χ2n) is 19.2. The van der Waals surface area contributed by atoms with Gasteiger partial charge in [-0.2, -0.15) is 10.5 Å². The summed E-state index contributed by atoms with van der Waals surface area (Å²) in [6, 6.07) is 78.2. The van der Waals surface area contributed by atoms with Gasteiger partial charge in [-0.25, -0.2) is 0 Å². The lowest BCUT2D eigenvalue weighted by molar-refractivity contribution is 0.424. The molecule has 0 aliphatic heterocycles. The average molecular weight is 922 g/mol. The number of rotatable bonds is 8. The van der Waals surface area contributed by atoms with E-state index in [9.17, 15) is 10.5 Å². The number of pyridine rings is 1. The van der Waals surface area contributed by atoms with Crippen molar-refractivity contribution in [2.75, 3.05) is 9.80 Å². The highest BCUT2D eigenvalue weighted by molar-refractivity contribution is 6.00. The maximum atomic E-state index is 9.90. The van der Waals surface area contributed by atoms with E-state index in [-0.39, 0.29) is 23.9 Å². The largest absolute Gasteiger partial charge is 0.358 e. The molecule has 0 N–H and O–H groups in total. The summed E-state index contributed by atoms with van der Waals surface area (Å²) in [6.07, 6.45) is 13.2. The third-order valence-corrected chi connectivity index (χ3v) is 15.2. The minimum absolute atomic E-state index is 0.0103. The molecule has 0 saturated carbocycles. The summed E-state index contributed by atoms with van der Waals surface area (Å²) in [5.74, 6) is -0.0518. The van der Waals surface area contributed by atoms with Crippen molar-refractivity contribution in [3.63, 3.8) is 0 Å². The van der Waals surface area contributed by atoms with Gasteiger partial charge >= 0.3 is 0 Å². The van der Waals surface area contributed by atoms with Crippen LogP contribution in [0.4, 0.5) is 22.7 Å². The second-order valence-corrected chi connectivity index (χ2v) is 19.2. The van der Waals surface area contributed by atoms with Crippen LogP contribution in [0.2, 0.25) is 0 Å². The number of nitrogens with zero attached hydrogens (tertiary/aromatic N) is 5. The molecule has 0 saturated heterocycles. The van der Waals surface area contributed by atoms with Crippen molar-refractivity contribution in [3.05, 3.63) is 281 Å². The molecule has 4 atom stereocenters. The molecule has 5 nitrogen and oxygen atoms in total. The summed E-state index contributed by atoms with van der Waals surface area (Å²) < 4.78 is 0. The fraction of sp³-hybridized carbons (Fsp3) is 0.0896. The summed E-state index contributed by atoms with van der Waals surface area (Å²) in [7, 11) is 0. The molecule has 0 amide bonds. The van der Waals surface area contributed by atoms with Gasteiger partial charge in [0.25, 0.3) is 0 Å². The number of benzene rings is 9. The van der Waals surface area contributed by atoms with Crippen LogP contribution in [0.25, 0.3) is 44.0 Å². The molecule has 10 aromatic rings. The number of allylic oxidation sites excluding steroid dienone is 2. The topological polar surface area (TPSA) is 67.0 Å². The van der Waals surface area contributed by atoms with Gasteiger partial charge in [-0.1, -0.05) is 164 Å². The van der Waals surface area contributed by atoms with Gasteiger partial charge in [-0.15, -0.1) is 0 Å². The first-order valence-electron chi connectivity index (χ1n) is 24.8. The van der Waals surface area contributed by atoms with Crippen molar-refractivity contribution in [1.82, 2.24) is 4.98 Å².